The number of piperidine rings is 1. The Balaban J connectivity index is 1.23. The van der Waals surface area contributed by atoms with Gasteiger partial charge in [0.15, 0.2) is 0 Å². The highest BCUT2D eigenvalue weighted by Crippen LogP contribution is 2.27. The molecule has 0 saturated carbocycles. The van der Waals surface area contributed by atoms with Gasteiger partial charge in [-0.2, -0.15) is 0 Å². The van der Waals surface area contributed by atoms with E-state index in [9.17, 15) is 4.79 Å². The van der Waals surface area contributed by atoms with E-state index in [1.54, 1.807) is 25.6 Å². The lowest BCUT2D eigenvalue weighted by molar-refractivity contribution is 0.0964. The lowest BCUT2D eigenvalue weighted by Crippen LogP contribution is -2.37. The van der Waals surface area contributed by atoms with Crippen molar-refractivity contribution >= 4 is 28.4 Å². The number of likely N-dealkylation sites (tertiary alicyclic amines) is 1. The van der Waals surface area contributed by atoms with E-state index in [0.717, 1.165) is 71.0 Å². The zero-order chi connectivity index (χ0) is 28.1. The van der Waals surface area contributed by atoms with Crippen LogP contribution < -0.4 is 16.0 Å². The van der Waals surface area contributed by atoms with Gasteiger partial charge in [-0.1, -0.05) is 31.7 Å². The van der Waals surface area contributed by atoms with Crippen LogP contribution in [-0.2, 0) is 0 Å². The summed E-state index contributed by atoms with van der Waals surface area (Å²) < 4.78 is 0. The Kier molecular flexibility index (Phi) is 8.19. The van der Waals surface area contributed by atoms with Crippen molar-refractivity contribution in [2.45, 2.75) is 38.6 Å². The predicted octanol–water partition coefficient (Wildman–Crippen LogP) is 5.07. The summed E-state index contributed by atoms with van der Waals surface area (Å²) in [4.78, 5) is 32.8. The molecule has 1 aromatic carbocycles. The van der Waals surface area contributed by atoms with Crippen LogP contribution in [0.3, 0.4) is 0 Å². The molecule has 9 heteroatoms. The van der Waals surface area contributed by atoms with Gasteiger partial charge in [0.05, 0.1) is 16.8 Å². The van der Waals surface area contributed by atoms with Gasteiger partial charge in [0.1, 0.15) is 18.0 Å². The molecule has 3 aromatic heterocycles. The predicted molar refractivity (Wildman–Crippen MR) is 160 cm³/mol. The smallest absolute Gasteiger partial charge is 0.251 e. The molecule has 1 amide bonds. The normalized spacial score (nSPS) is 14.5. The molecule has 40 heavy (non-hydrogen) atoms. The van der Waals surface area contributed by atoms with E-state index in [0.29, 0.717) is 18.2 Å². The minimum absolute atomic E-state index is 0.119. The lowest BCUT2D eigenvalue weighted by atomic mass is 9.96. The van der Waals surface area contributed by atoms with Crippen molar-refractivity contribution in [2.75, 3.05) is 37.3 Å². The number of fused-ring (bicyclic) bond motifs is 1. The van der Waals surface area contributed by atoms with E-state index in [4.69, 9.17) is 0 Å². The molecule has 0 spiro atoms. The molecule has 0 radical (unpaired) electrons. The van der Waals surface area contributed by atoms with Crippen molar-refractivity contribution < 1.29 is 4.79 Å². The van der Waals surface area contributed by atoms with Crippen LogP contribution in [0.25, 0.3) is 22.2 Å². The van der Waals surface area contributed by atoms with E-state index in [1.807, 2.05) is 36.5 Å². The highest BCUT2D eigenvalue weighted by molar-refractivity contribution is 6.06. The second-order valence-electron chi connectivity index (χ2n) is 10.3. The summed E-state index contributed by atoms with van der Waals surface area (Å²) in [6, 6.07) is 14.1. The molecular formula is C31H36N8O. The summed E-state index contributed by atoms with van der Waals surface area (Å²) in [5.74, 6) is 1.62. The summed E-state index contributed by atoms with van der Waals surface area (Å²) in [6.07, 6.45) is 7.25. The van der Waals surface area contributed by atoms with Crippen LogP contribution in [-0.4, -0.2) is 63.5 Å². The number of carbonyl (C=O) groups is 1. The first-order chi connectivity index (χ1) is 19.4. The highest BCUT2D eigenvalue weighted by atomic mass is 16.1. The van der Waals surface area contributed by atoms with Gasteiger partial charge >= 0.3 is 0 Å². The number of amides is 1. The first-order valence-corrected chi connectivity index (χ1v) is 13.7. The molecular weight excluding hydrogens is 500 g/mol. The van der Waals surface area contributed by atoms with Crippen LogP contribution in [0.15, 0.2) is 73.5 Å². The molecule has 1 aliphatic rings. The highest BCUT2D eigenvalue weighted by Gasteiger charge is 2.19. The van der Waals surface area contributed by atoms with Gasteiger partial charge in [-0.25, -0.2) is 15.0 Å². The third kappa shape index (κ3) is 6.03. The molecule has 0 aliphatic carbocycles. The second kappa shape index (κ2) is 12.1. The number of hydrogen-bond acceptors (Lipinski definition) is 8. The maximum Gasteiger partial charge on any atom is 0.251 e. The van der Waals surface area contributed by atoms with Gasteiger partial charge in [-0.15, -0.1) is 0 Å². The second-order valence-corrected chi connectivity index (χ2v) is 10.3. The SMILES string of the molecule is C=C(C)N1CCC(Nc2ccc(-c3cc(NC[C@@H](C)c4cccc5c(C(=O)NC)ccnc45)ncn3)cn2)CC1. The fourth-order valence-electron chi connectivity index (χ4n) is 5.15. The van der Waals surface area contributed by atoms with Crippen molar-refractivity contribution in [1.29, 1.82) is 0 Å². The standard InChI is InChI=1S/C31H36N8O/c1-20(2)39-14-11-23(12-15-39)38-28-9-8-22(18-35-28)27-16-29(37-19-36-27)34-17-21(3)24-6-5-7-25-26(31(40)32-4)10-13-33-30(24)25/h5-10,13,16,18-19,21,23H,1,11-12,14-15,17H2,2-4H3,(H,32,40)(H,35,38)(H,34,36,37)/t21-/m1/s1. The van der Waals surface area contributed by atoms with E-state index in [2.05, 4.69) is 67.3 Å². The summed E-state index contributed by atoms with van der Waals surface area (Å²) in [6.45, 7) is 10.9. The Morgan fingerprint density at radius 2 is 1.90 bits per heavy atom. The average molecular weight is 537 g/mol. The number of rotatable bonds is 9. The Labute approximate surface area is 235 Å². The molecule has 1 saturated heterocycles. The third-order valence-corrected chi connectivity index (χ3v) is 7.51. The molecule has 206 valence electrons. The van der Waals surface area contributed by atoms with Crippen LogP contribution in [0, 0.1) is 0 Å². The van der Waals surface area contributed by atoms with Crippen molar-refractivity contribution in [3.05, 3.63) is 84.6 Å². The minimum atomic E-state index is -0.119. The maximum absolute atomic E-state index is 12.3. The monoisotopic (exact) mass is 536 g/mol. The fraction of sp³-hybridized carbons (Fsp3) is 0.323. The summed E-state index contributed by atoms with van der Waals surface area (Å²) in [5, 5.41) is 10.6. The number of para-hydroxylation sites is 1. The number of aromatic nitrogens is 4. The van der Waals surface area contributed by atoms with Crippen molar-refractivity contribution in [3.8, 4) is 11.3 Å². The zero-order valence-electron chi connectivity index (χ0n) is 23.3. The van der Waals surface area contributed by atoms with E-state index < -0.39 is 0 Å². The molecule has 9 nitrogen and oxygen atoms in total. The van der Waals surface area contributed by atoms with Crippen molar-refractivity contribution in [3.63, 3.8) is 0 Å². The van der Waals surface area contributed by atoms with Crippen LogP contribution in [0.5, 0.6) is 0 Å². The van der Waals surface area contributed by atoms with Crippen LogP contribution in [0.4, 0.5) is 11.6 Å². The number of nitrogens with one attached hydrogen (secondary N) is 3. The Morgan fingerprint density at radius 3 is 2.62 bits per heavy atom. The number of hydrogen-bond donors (Lipinski definition) is 3. The van der Waals surface area contributed by atoms with Crippen LogP contribution in [0.2, 0.25) is 0 Å². The van der Waals surface area contributed by atoms with Crippen molar-refractivity contribution in [1.82, 2.24) is 30.2 Å². The zero-order valence-corrected chi connectivity index (χ0v) is 23.3. The topological polar surface area (TPSA) is 108 Å². The Hall–Kier alpha value is -4.53. The number of nitrogens with zero attached hydrogens (tertiary/aromatic N) is 5. The molecule has 0 unspecified atom stereocenters. The number of benzene rings is 1. The van der Waals surface area contributed by atoms with Gasteiger partial charge in [-0.3, -0.25) is 9.78 Å². The average Bonchev–Trinajstić information content (AvgIpc) is 2.99. The van der Waals surface area contributed by atoms with Gasteiger partial charge in [0.25, 0.3) is 5.91 Å². The maximum atomic E-state index is 12.3. The summed E-state index contributed by atoms with van der Waals surface area (Å²) in [7, 11) is 1.64. The summed E-state index contributed by atoms with van der Waals surface area (Å²) in [5.41, 5.74) is 5.40. The van der Waals surface area contributed by atoms with Crippen LogP contribution in [0.1, 0.15) is 48.5 Å². The molecule has 4 heterocycles. The first-order valence-electron chi connectivity index (χ1n) is 13.7. The minimum Gasteiger partial charge on any atom is -0.375 e. The van der Waals surface area contributed by atoms with Crippen molar-refractivity contribution in [2.24, 2.45) is 0 Å². The Morgan fingerprint density at radius 1 is 1.07 bits per heavy atom. The fourth-order valence-corrected chi connectivity index (χ4v) is 5.15. The van der Waals surface area contributed by atoms with E-state index in [-0.39, 0.29) is 11.8 Å². The van der Waals surface area contributed by atoms with E-state index in [1.165, 1.54) is 0 Å². The lowest BCUT2D eigenvalue weighted by Gasteiger charge is -2.34. The number of pyridine rings is 2. The molecule has 4 aromatic rings. The molecule has 3 N–H and O–H groups in total. The quantitative estimate of drug-likeness (QED) is 0.272. The molecule has 0 bridgehead atoms. The number of allylic oxidation sites excluding steroid dienone is 1. The van der Waals surface area contributed by atoms with Gasteiger partial charge in [0, 0.05) is 73.7 Å². The van der Waals surface area contributed by atoms with Gasteiger partial charge in [0.2, 0.25) is 0 Å². The number of anilines is 2. The molecule has 5 rings (SSSR count). The first kappa shape index (κ1) is 27.1. The molecule has 1 aliphatic heterocycles. The third-order valence-electron chi connectivity index (χ3n) is 7.51. The summed E-state index contributed by atoms with van der Waals surface area (Å²) >= 11 is 0. The van der Waals surface area contributed by atoms with Crippen LogP contribution >= 0.6 is 0 Å². The Bertz CT molecular complexity index is 1500. The van der Waals surface area contributed by atoms with E-state index >= 15 is 0 Å². The number of carbonyl (C=O) groups excluding carboxylic acids is 1. The van der Waals surface area contributed by atoms with Gasteiger partial charge in [-0.05, 0) is 43.5 Å². The molecule has 1 fully saturated rings. The van der Waals surface area contributed by atoms with Gasteiger partial charge < -0.3 is 20.9 Å². The largest absolute Gasteiger partial charge is 0.375 e. The molecule has 1 atom stereocenters.